The van der Waals surface area contributed by atoms with Gasteiger partial charge in [-0.1, -0.05) is 13.0 Å². The summed E-state index contributed by atoms with van der Waals surface area (Å²) in [5.41, 5.74) is 0.805. The fourth-order valence-electron chi connectivity index (χ4n) is 3.74. The molecule has 0 bridgehead atoms. The number of carbonyl (C=O) groups excluding carboxylic acids is 1. The van der Waals surface area contributed by atoms with Gasteiger partial charge in [0.2, 0.25) is 5.91 Å². The highest BCUT2D eigenvalue weighted by Crippen LogP contribution is 2.47. The first kappa shape index (κ1) is 21.5. The first-order valence-electron chi connectivity index (χ1n) is 10.4. The second-order valence-electron chi connectivity index (χ2n) is 8.19. The molecule has 0 spiro atoms. The van der Waals surface area contributed by atoms with Gasteiger partial charge in [-0.3, -0.25) is 9.59 Å². The minimum Gasteiger partial charge on any atom is -0.464 e. The van der Waals surface area contributed by atoms with Gasteiger partial charge in [0, 0.05) is 28.8 Å². The van der Waals surface area contributed by atoms with E-state index in [2.05, 4.69) is 16.9 Å². The molecule has 0 saturated heterocycles. The third-order valence-electron chi connectivity index (χ3n) is 5.72. The van der Waals surface area contributed by atoms with Crippen LogP contribution in [-0.4, -0.2) is 33.6 Å². The Morgan fingerprint density at radius 3 is 2.94 bits per heavy atom. The van der Waals surface area contributed by atoms with Crippen LogP contribution in [0.4, 0.5) is 0 Å². The summed E-state index contributed by atoms with van der Waals surface area (Å²) >= 11 is 4.53. The van der Waals surface area contributed by atoms with Crippen LogP contribution in [0.3, 0.4) is 0 Å². The van der Waals surface area contributed by atoms with Gasteiger partial charge < -0.3 is 14.3 Å². The molecule has 1 aliphatic rings. The summed E-state index contributed by atoms with van der Waals surface area (Å²) in [4.78, 5) is 36.2. The van der Waals surface area contributed by atoms with Crippen LogP contribution in [0.5, 0.6) is 0 Å². The molecular formula is C23H23N3O3S3. The Hall–Kier alpha value is -2.36. The molecule has 166 valence electrons. The van der Waals surface area contributed by atoms with Gasteiger partial charge in [-0.15, -0.1) is 34.4 Å². The number of thiophene rings is 2. The van der Waals surface area contributed by atoms with E-state index >= 15 is 0 Å². The third-order valence-corrected chi connectivity index (χ3v) is 8.42. The summed E-state index contributed by atoms with van der Waals surface area (Å²) in [5.74, 6) is 4.49. The number of amides is 1. The molecule has 4 aromatic rings. The quantitative estimate of drug-likeness (QED) is 0.365. The smallest absolute Gasteiger partial charge is 0.260 e. The predicted octanol–water partition coefficient (Wildman–Crippen LogP) is 5.32. The van der Waals surface area contributed by atoms with Crippen molar-refractivity contribution in [2.45, 2.75) is 31.6 Å². The number of aromatic nitrogens is 2. The summed E-state index contributed by atoms with van der Waals surface area (Å²) < 4.78 is 5.91. The van der Waals surface area contributed by atoms with Gasteiger partial charge in [-0.25, -0.2) is 4.98 Å². The summed E-state index contributed by atoms with van der Waals surface area (Å²) in [6.45, 7) is 2.68. The van der Waals surface area contributed by atoms with Crippen LogP contribution in [0.2, 0.25) is 0 Å². The van der Waals surface area contributed by atoms with Crippen LogP contribution in [0, 0.1) is 5.92 Å². The Morgan fingerprint density at radius 1 is 1.34 bits per heavy atom. The van der Waals surface area contributed by atoms with Crippen molar-refractivity contribution in [2.75, 3.05) is 12.8 Å². The highest BCUT2D eigenvalue weighted by Gasteiger charge is 2.36. The number of hydrogen-bond donors (Lipinski definition) is 1. The van der Waals surface area contributed by atoms with E-state index < -0.39 is 0 Å². The van der Waals surface area contributed by atoms with Crippen molar-refractivity contribution >= 4 is 50.6 Å². The maximum absolute atomic E-state index is 12.7. The molecule has 1 saturated carbocycles. The number of aromatic amines is 1. The zero-order valence-corrected chi connectivity index (χ0v) is 20.2. The highest BCUT2D eigenvalue weighted by atomic mass is 32.2. The van der Waals surface area contributed by atoms with Gasteiger partial charge in [0.25, 0.3) is 5.56 Å². The monoisotopic (exact) mass is 485 g/mol. The zero-order valence-electron chi connectivity index (χ0n) is 17.8. The lowest BCUT2D eigenvalue weighted by Gasteiger charge is -2.15. The number of hydrogen-bond acceptors (Lipinski definition) is 7. The number of H-pyrrole nitrogens is 1. The number of fused-ring (bicyclic) bond motifs is 1. The van der Waals surface area contributed by atoms with Crippen LogP contribution in [0.1, 0.15) is 36.6 Å². The molecule has 1 fully saturated rings. The third kappa shape index (κ3) is 4.42. The maximum Gasteiger partial charge on any atom is 0.260 e. The Morgan fingerprint density at radius 2 is 2.19 bits per heavy atom. The summed E-state index contributed by atoms with van der Waals surface area (Å²) in [6.07, 6.45) is 1.18. The molecule has 0 unspecified atom stereocenters. The normalized spacial score (nSPS) is 17.7. The van der Waals surface area contributed by atoms with E-state index in [1.54, 1.807) is 23.3 Å². The highest BCUT2D eigenvalue weighted by molar-refractivity contribution is 7.99. The molecule has 5 rings (SSSR count). The average Bonchev–Trinajstić information content (AvgIpc) is 3.23. The Labute approximate surface area is 197 Å². The van der Waals surface area contributed by atoms with E-state index in [-0.39, 0.29) is 11.5 Å². The van der Waals surface area contributed by atoms with Crippen LogP contribution < -0.4 is 5.56 Å². The summed E-state index contributed by atoms with van der Waals surface area (Å²) in [5, 5.41) is 4.62. The lowest BCUT2D eigenvalue weighted by Crippen LogP contribution is -2.27. The van der Waals surface area contributed by atoms with E-state index in [9.17, 15) is 9.59 Å². The van der Waals surface area contributed by atoms with Crippen molar-refractivity contribution in [2.24, 2.45) is 5.92 Å². The van der Waals surface area contributed by atoms with Gasteiger partial charge in [0.05, 0.1) is 23.4 Å². The SMILES string of the molecule is C[C@H]1C[C@H]1c1ccc(CN(C)C(=O)CSCc2nc3scc(-c4cccs4)c3c(=O)[nH]2)o1. The molecule has 1 aliphatic carbocycles. The lowest BCUT2D eigenvalue weighted by atomic mass is 10.2. The predicted molar refractivity (Wildman–Crippen MR) is 131 cm³/mol. The van der Waals surface area contributed by atoms with Gasteiger partial charge in [0.15, 0.2) is 0 Å². The van der Waals surface area contributed by atoms with Crippen molar-refractivity contribution in [1.29, 1.82) is 0 Å². The van der Waals surface area contributed by atoms with Gasteiger partial charge in [-0.05, 0) is 35.9 Å². The second kappa shape index (κ2) is 8.88. The second-order valence-corrected chi connectivity index (χ2v) is 11.0. The van der Waals surface area contributed by atoms with Crippen molar-refractivity contribution < 1.29 is 9.21 Å². The van der Waals surface area contributed by atoms with Crippen molar-refractivity contribution in [1.82, 2.24) is 14.9 Å². The standard InChI is InChI=1S/C23H23N3O3S3/c1-13-8-15(13)17-6-5-14(29-17)9-26(2)20(27)12-30-11-19-24-22(28)21-16(10-32-23(21)25-19)18-4-3-7-31-18/h3-7,10,13,15H,8-9,11-12H2,1-2H3,(H,24,25,28)/t13-,15+/m0/s1. The number of carbonyl (C=O) groups is 1. The number of nitrogens with one attached hydrogen (secondary N) is 1. The number of furan rings is 1. The van der Waals surface area contributed by atoms with Crippen LogP contribution in [0.25, 0.3) is 20.7 Å². The fraction of sp³-hybridized carbons (Fsp3) is 0.348. The maximum atomic E-state index is 12.7. The fourth-order valence-corrected chi connectivity index (χ4v) is 6.35. The molecular weight excluding hydrogens is 462 g/mol. The molecule has 32 heavy (non-hydrogen) atoms. The summed E-state index contributed by atoms with van der Waals surface area (Å²) in [6, 6.07) is 7.98. The largest absolute Gasteiger partial charge is 0.464 e. The van der Waals surface area contributed by atoms with Crippen LogP contribution in [0.15, 0.2) is 44.2 Å². The number of thioether (sulfide) groups is 1. The molecule has 1 amide bonds. The van der Waals surface area contributed by atoms with Crippen LogP contribution in [-0.2, 0) is 17.1 Å². The molecule has 1 N–H and O–H groups in total. The van der Waals surface area contributed by atoms with Gasteiger partial charge in [0.1, 0.15) is 22.2 Å². The Bertz CT molecular complexity index is 1300. The molecule has 4 aromatic heterocycles. The number of rotatable bonds is 8. The Balaban J connectivity index is 1.17. The molecule has 0 radical (unpaired) electrons. The van der Waals surface area contributed by atoms with E-state index in [4.69, 9.17) is 4.42 Å². The first-order chi connectivity index (χ1) is 15.5. The van der Waals surface area contributed by atoms with Gasteiger partial charge in [-0.2, -0.15) is 0 Å². The molecule has 4 heterocycles. The molecule has 9 heteroatoms. The van der Waals surface area contributed by atoms with E-state index in [0.717, 1.165) is 26.8 Å². The van der Waals surface area contributed by atoms with Gasteiger partial charge >= 0.3 is 0 Å². The van der Waals surface area contributed by atoms with E-state index in [1.165, 1.54) is 29.5 Å². The van der Waals surface area contributed by atoms with Crippen molar-refractivity contribution in [3.05, 3.63) is 62.7 Å². The molecule has 0 aliphatic heterocycles. The number of nitrogens with zero attached hydrogens (tertiary/aromatic N) is 2. The lowest BCUT2D eigenvalue weighted by molar-refractivity contribution is -0.127. The van der Waals surface area contributed by atoms with E-state index in [1.807, 2.05) is 35.0 Å². The van der Waals surface area contributed by atoms with Crippen LogP contribution >= 0.6 is 34.4 Å². The molecule has 0 aromatic carbocycles. The van der Waals surface area contributed by atoms with Crippen molar-refractivity contribution in [3.8, 4) is 10.4 Å². The average molecular weight is 486 g/mol. The minimum atomic E-state index is -0.128. The Kier molecular flexibility index (Phi) is 5.96. The van der Waals surface area contributed by atoms with E-state index in [0.29, 0.717) is 41.1 Å². The van der Waals surface area contributed by atoms with Crippen molar-refractivity contribution in [3.63, 3.8) is 0 Å². The zero-order chi connectivity index (χ0) is 22.2. The summed E-state index contributed by atoms with van der Waals surface area (Å²) in [7, 11) is 1.79. The molecule has 6 nitrogen and oxygen atoms in total. The minimum absolute atomic E-state index is 0.0206. The molecule has 2 atom stereocenters. The first-order valence-corrected chi connectivity index (χ1v) is 13.4. The topological polar surface area (TPSA) is 79.2 Å².